The molecule has 1 aromatic heterocycles. The second kappa shape index (κ2) is 13.0. The third-order valence-corrected chi connectivity index (χ3v) is 9.33. The van der Waals surface area contributed by atoms with Crippen LogP contribution in [0, 0.1) is 0 Å². The van der Waals surface area contributed by atoms with E-state index >= 15 is 0 Å². The Morgan fingerprint density at radius 3 is 2.34 bits per heavy atom. The zero-order valence-electron chi connectivity index (χ0n) is 22.3. The van der Waals surface area contributed by atoms with E-state index < -0.39 is 6.29 Å². The van der Waals surface area contributed by atoms with Gasteiger partial charge in [-0.1, -0.05) is 90.6 Å². The number of nitrogens with one attached hydrogen (secondary N) is 1. The van der Waals surface area contributed by atoms with Gasteiger partial charge in [0.2, 0.25) is 0 Å². The summed E-state index contributed by atoms with van der Waals surface area (Å²) in [6.07, 6.45) is 0.00169. The number of thioether (sulfide) groups is 1. The Kier molecular flexibility index (Phi) is 8.74. The maximum atomic E-state index is 12.4. The van der Waals surface area contributed by atoms with E-state index in [4.69, 9.17) is 14.5 Å². The van der Waals surface area contributed by atoms with Crippen molar-refractivity contribution in [3.05, 3.63) is 131 Å². The lowest BCUT2D eigenvalue weighted by Gasteiger charge is -2.36. The van der Waals surface area contributed by atoms with Crippen molar-refractivity contribution in [3.63, 3.8) is 0 Å². The molecule has 6 nitrogen and oxygen atoms in total. The van der Waals surface area contributed by atoms with Crippen LogP contribution in [0.2, 0.25) is 0 Å². The molecule has 6 rings (SSSR count). The normalized spacial score (nSPS) is 18.8. The smallest absolute Gasteiger partial charge is 0.251 e. The van der Waals surface area contributed by atoms with Crippen LogP contribution in [0.1, 0.15) is 51.4 Å². The fourth-order valence-electron chi connectivity index (χ4n) is 4.77. The van der Waals surface area contributed by atoms with Crippen LogP contribution in [-0.2, 0) is 22.6 Å². The van der Waals surface area contributed by atoms with Gasteiger partial charge in [0.25, 0.3) is 5.91 Å². The zero-order valence-corrected chi connectivity index (χ0v) is 23.9. The number of carbonyl (C=O) groups is 1. The lowest BCUT2D eigenvalue weighted by atomic mass is 10.0. The van der Waals surface area contributed by atoms with E-state index in [1.54, 1.807) is 35.2 Å². The fraction of sp³-hybridized carbons (Fsp3) is 0.212. The number of carbonyl (C=O) groups excluding carboxylic acids is 1. The van der Waals surface area contributed by atoms with Crippen molar-refractivity contribution in [3.8, 4) is 0 Å². The molecule has 1 amide bonds. The van der Waals surface area contributed by atoms with E-state index in [1.807, 2.05) is 84.9 Å². The predicted molar refractivity (Wildman–Crippen MR) is 163 cm³/mol. The Morgan fingerprint density at radius 1 is 0.878 bits per heavy atom. The summed E-state index contributed by atoms with van der Waals surface area (Å²) >= 11 is 3.42. The molecule has 0 spiro atoms. The molecular weight excluding hydrogens is 553 g/mol. The molecule has 1 aliphatic heterocycles. The molecule has 0 radical (unpaired) electrons. The van der Waals surface area contributed by atoms with E-state index in [0.29, 0.717) is 12.1 Å². The highest BCUT2D eigenvalue weighted by Crippen LogP contribution is 2.40. The molecule has 0 bridgehead atoms. The molecule has 2 N–H and O–H groups in total. The van der Waals surface area contributed by atoms with Crippen LogP contribution >= 0.6 is 23.1 Å². The summed E-state index contributed by atoms with van der Waals surface area (Å²) in [5.74, 6) is 0.659. The van der Waals surface area contributed by atoms with Crippen molar-refractivity contribution in [2.45, 2.75) is 42.4 Å². The number of fused-ring (bicyclic) bond motifs is 1. The highest BCUT2D eigenvalue weighted by molar-refractivity contribution is 8.01. The second-order valence-corrected chi connectivity index (χ2v) is 12.2. The van der Waals surface area contributed by atoms with Gasteiger partial charge in [-0.15, -0.1) is 11.3 Å². The monoisotopic (exact) mass is 582 g/mol. The van der Waals surface area contributed by atoms with Crippen molar-refractivity contribution in [2.75, 3.05) is 5.75 Å². The van der Waals surface area contributed by atoms with Gasteiger partial charge in [-0.05, 0) is 41.0 Å². The van der Waals surface area contributed by atoms with Gasteiger partial charge in [0.1, 0.15) is 0 Å². The average Bonchev–Trinajstić information content (AvgIpc) is 3.46. The average molecular weight is 583 g/mol. The minimum atomic E-state index is -0.528. The number of amides is 1. The van der Waals surface area contributed by atoms with Crippen molar-refractivity contribution in [1.82, 2.24) is 10.3 Å². The summed E-state index contributed by atoms with van der Waals surface area (Å²) in [6.45, 7) is 0.443. The van der Waals surface area contributed by atoms with Gasteiger partial charge in [-0.2, -0.15) is 0 Å². The lowest BCUT2D eigenvalue weighted by Crippen LogP contribution is -2.31. The summed E-state index contributed by atoms with van der Waals surface area (Å²) in [5.41, 5.74) is 5.51. The van der Waals surface area contributed by atoms with Crippen LogP contribution in [-0.4, -0.2) is 27.9 Å². The van der Waals surface area contributed by atoms with Gasteiger partial charge in [0.15, 0.2) is 10.6 Å². The number of aliphatic hydroxyl groups is 1. The zero-order chi connectivity index (χ0) is 28.0. The Morgan fingerprint density at radius 2 is 1.59 bits per heavy atom. The topological polar surface area (TPSA) is 80.7 Å². The molecular formula is C33H30N2O4S2. The Labute approximate surface area is 247 Å². The largest absolute Gasteiger partial charge is 0.392 e. The number of ether oxygens (including phenoxy) is 2. The third kappa shape index (κ3) is 6.86. The molecule has 0 aliphatic carbocycles. The van der Waals surface area contributed by atoms with E-state index in [2.05, 4.69) is 11.4 Å². The molecule has 41 heavy (non-hydrogen) atoms. The molecule has 0 unspecified atom stereocenters. The van der Waals surface area contributed by atoms with Gasteiger partial charge in [0.05, 0.1) is 29.0 Å². The summed E-state index contributed by atoms with van der Waals surface area (Å²) < 4.78 is 15.2. The molecule has 1 aliphatic rings. The van der Waals surface area contributed by atoms with Crippen molar-refractivity contribution in [2.24, 2.45) is 0 Å². The van der Waals surface area contributed by atoms with Crippen LogP contribution in [0.4, 0.5) is 0 Å². The minimum Gasteiger partial charge on any atom is -0.392 e. The van der Waals surface area contributed by atoms with Gasteiger partial charge >= 0.3 is 0 Å². The standard InChI is InChI=1S/C33H30N2O4S2/c36-20-23-12-14-24(15-13-23)29-18-27(21-40-33-35-28-8-4-5-9-30(28)41-33)38-32(39-29)26-16-10-22(11-17-26)19-34-31(37)25-6-2-1-3-7-25/h1-17,27,29,32,36H,18-21H2,(H,34,37)/t27-,29+,32+/m1/s1. The molecule has 8 heteroatoms. The van der Waals surface area contributed by atoms with Crippen LogP contribution in [0.25, 0.3) is 10.2 Å². The summed E-state index contributed by atoms with van der Waals surface area (Å²) in [6, 6.07) is 33.3. The number of rotatable bonds is 9. The van der Waals surface area contributed by atoms with Gasteiger partial charge in [-0.3, -0.25) is 4.79 Å². The molecule has 1 fully saturated rings. The SMILES string of the molecule is O=C(NCc1ccc([C@H]2O[C@@H](CSc3nc4ccccc4s3)C[C@@H](c3ccc(CO)cc3)O2)cc1)c1ccccc1. The van der Waals surface area contributed by atoms with E-state index in [-0.39, 0.29) is 24.7 Å². The van der Waals surface area contributed by atoms with Crippen LogP contribution in [0.15, 0.2) is 107 Å². The first-order valence-corrected chi connectivity index (χ1v) is 15.4. The lowest BCUT2D eigenvalue weighted by molar-refractivity contribution is -0.245. The first kappa shape index (κ1) is 27.6. The maximum absolute atomic E-state index is 12.4. The van der Waals surface area contributed by atoms with Crippen molar-refractivity contribution >= 4 is 39.2 Å². The Bertz CT molecular complexity index is 1560. The van der Waals surface area contributed by atoms with Crippen molar-refractivity contribution in [1.29, 1.82) is 0 Å². The summed E-state index contributed by atoms with van der Waals surface area (Å²) in [4.78, 5) is 17.2. The molecule has 3 atom stereocenters. The third-order valence-electron chi connectivity index (χ3n) is 7.02. The molecule has 1 saturated heterocycles. The highest BCUT2D eigenvalue weighted by Gasteiger charge is 2.32. The number of benzene rings is 4. The molecule has 0 saturated carbocycles. The van der Waals surface area contributed by atoms with Gasteiger partial charge in [0, 0.05) is 29.8 Å². The quantitative estimate of drug-likeness (QED) is 0.181. The van der Waals surface area contributed by atoms with E-state index in [0.717, 1.165) is 44.3 Å². The van der Waals surface area contributed by atoms with E-state index in [9.17, 15) is 9.90 Å². The predicted octanol–water partition coefficient (Wildman–Crippen LogP) is 7.06. The Hall–Kier alpha value is -3.53. The highest BCUT2D eigenvalue weighted by atomic mass is 32.2. The number of nitrogens with zero attached hydrogens (tertiary/aromatic N) is 1. The number of hydrogen-bond donors (Lipinski definition) is 2. The molecule has 208 valence electrons. The Balaban J connectivity index is 1.15. The van der Waals surface area contributed by atoms with Crippen LogP contribution in [0.3, 0.4) is 0 Å². The molecule has 5 aromatic rings. The number of thiazole rings is 1. The second-order valence-electron chi connectivity index (χ2n) is 9.90. The number of para-hydroxylation sites is 1. The minimum absolute atomic E-state index is 0.0110. The molecule has 2 heterocycles. The van der Waals surface area contributed by atoms with Crippen molar-refractivity contribution < 1.29 is 19.4 Å². The molecule has 4 aromatic carbocycles. The van der Waals surface area contributed by atoms with E-state index in [1.165, 1.54) is 4.70 Å². The summed E-state index contributed by atoms with van der Waals surface area (Å²) in [7, 11) is 0. The summed E-state index contributed by atoms with van der Waals surface area (Å²) in [5, 5.41) is 12.4. The van der Waals surface area contributed by atoms with Crippen LogP contribution < -0.4 is 5.32 Å². The first-order valence-electron chi connectivity index (χ1n) is 13.6. The van der Waals surface area contributed by atoms with Crippen LogP contribution in [0.5, 0.6) is 0 Å². The number of aromatic nitrogens is 1. The number of hydrogen-bond acceptors (Lipinski definition) is 7. The number of aliphatic hydroxyl groups excluding tert-OH is 1. The maximum Gasteiger partial charge on any atom is 0.251 e. The van der Waals surface area contributed by atoms with Gasteiger partial charge < -0.3 is 19.9 Å². The fourth-order valence-corrected chi connectivity index (χ4v) is 6.88. The first-order chi connectivity index (χ1) is 20.1. The van der Waals surface area contributed by atoms with Gasteiger partial charge in [-0.25, -0.2) is 4.98 Å².